The Kier molecular flexibility index (Phi) is 7.73. The summed E-state index contributed by atoms with van der Waals surface area (Å²) in [6, 6.07) is 0. The molecule has 2 rings (SSSR count). The van der Waals surface area contributed by atoms with Crippen molar-refractivity contribution in [2.45, 2.75) is 58.1 Å². The zero-order chi connectivity index (χ0) is 19.9. The molecule has 27 heavy (non-hydrogen) atoms. The van der Waals surface area contributed by atoms with Gasteiger partial charge in [0, 0.05) is 43.1 Å². The van der Waals surface area contributed by atoms with E-state index in [4.69, 9.17) is 4.74 Å². The fraction of sp³-hybridized carbons (Fsp3) is 0.667. The molecular weight excluding hydrogens is 368 g/mol. The van der Waals surface area contributed by atoms with E-state index in [1.807, 2.05) is 20.8 Å². The Bertz CT molecular complexity index is 636. The summed E-state index contributed by atoms with van der Waals surface area (Å²) in [6.45, 7) is 6.67. The molecule has 0 saturated carbocycles. The van der Waals surface area contributed by atoms with Crippen LogP contribution in [0.2, 0.25) is 0 Å². The molecule has 9 heteroatoms. The number of amides is 3. The smallest absolute Gasteiger partial charge is 0.240 e. The number of nitrogens with zero attached hydrogens (tertiary/aromatic N) is 2. The second-order valence-electron chi connectivity index (χ2n) is 7.59. The van der Waals surface area contributed by atoms with Crippen LogP contribution in [-0.2, 0) is 19.1 Å². The van der Waals surface area contributed by atoms with Gasteiger partial charge in [-0.25, -0.2) is 4.98 Å². The maximum atomic E-state index is 12.6. The summed E-state index contributed by atoms with van der Waals surface area (Å²) in [5.41, 5.74) is -0.372. The second kappa shape index (κ2) is 9.80. The summed E-state index contributed by atoms with van der Waals surface area (Å²) < 4.78 is 5.60. The van der Waals surface area contributed by atoms with Gasteiger partial charge in [0.2, 0.25) is 17.7 Å². The lowest BCUT2D eigenvalue weighted by Crippen LogP contribution is -2.49. The SMILES string of the molecule is CC(C)(C)NC(=O)CN(C[C@@H]1CCCO1)C(=O)CCC(=O)Nc1nccs1. The quantitative estimate of drug-likeness (QED) is 0.698. The summed E-state index contributed by atoms with van der Waals surface area (Å²) in [7, 11) is 0. The van der Waals surface area contributed by atoms with Crippen LogP contribution in [-0.4, -0.2) is 58.9 Å². The van der Waals surface area contributed by atoms with Gasteiger partial charge in [-0.15, -0.1) is 11.3 Å². The molecular formula is C18H28N4O4S. The van der Waals surface area contributed by atoms with E-state index in [0.29, 0.717) is 18.3 Å². The minimum absolute atomic E-state index is 0.0345. The molecule has 1 aromatic heterocycles. The van der Waals surface area contributed by atoms with E-state index in [2.05, 4.69) is 15.6 Å². The van der Waals surface area contributed by atoms with Crippen LogP contribution in [0, 0.1) is 0 Å². The van der Waals surface area contributed by atoms with Crippen LogP contribution in [0.3, 0.4) is 0 Å². The van der Waals surface area contributed by atoms with Gasteiger partial charge in [-0.05, 0) is 33.6 Å². The highest BCUT2D eigenvalue weighted by Crippen LogP contribution is 2.15. The van der Waals surface area contributed by atoms with Gasteiger partial charge in [0.05, 0.1) is 12.6 Å². The molecule has 0 bridgehead atoms. The third-order valence-electron chi connectivity index (χ3n) is 3.89. The highest BCUT2D eigenvalue weighted by Gasteiger charge is 2.26. The predicted molar refractivity (Wildman–Crippen MR) is 103 cm³/mol. The van der Waals surface area contributed by atoms with Crippen molar-refractivity contribution in [2.75, 3.05) is 25.0 Å². The number of hydrogen-bond donors (Lipinski definition) is 2. The zero-order valence-corrected chi connectivity index (χ0v) is 16.9. The summed E-state index contributed by atoms with van der Waals surface area (Å²) in [5.74, 6) is -0.723. The summed E-state index contributed by atoms with van der Waals surface area (Å²) >= 11 is 1.32. The lowest BCUT2D eigenvalue weighted by atomic mass is 10.1. The normalized spacial score (nSPS) is 16.8. The highest BCUT2D eigenvalue weighted by atomic mass is 32.1. The van der Waals surface area contributed by atoms with E-state index in [1.54, 1.807) is 11.6 Å². The third kappa shape index (κ3) is 8.04. The first kappa shape index (κ1) is 21.3. The molecule has 2 heterocycles. The number of rotatable bonds is 8. The molecule has 0 unspecified atom stereocenters. The van der Waals surface area contributed by atoms with Gasteiger partial charge in [0.1, 0.15) is 0 Å². The molecule has 0 radical (unpaired) electrons. The first-order chi connectivity index (χ1) is 12.7. The first-order valence-electron chi connectivity index (χ1n) is 9.12. The number of ether oxygens (including phenoxy) is 1. The summed E-state index contributed by atoms with van der Waals surface area (Å²) in [6.07, 6.45) is 3.45. The Labute approximate surface area is 163 Å². The first-order valence-corrected chi connectivity index (χ1v) is 10.0. The van der Waals surface area contributed by atoms with Crippen LogP contribution in [0.25, 0.3) is 0 Å². The third-order valence-corrected chi connectivity index (χ3v) is 4.58. The Morgan fingerprint density at radius 2 is 2.07 bits per heavy atom. The molecule has 1 atom stereocenters. The number of carbonyl (C=O) groups excluding carboxylic acids is 3. The fourth-order valence-corrected chi connectivity index (χ4v) is 3.31. The Morgan fingerprint density at radius 3 is 2.67 bits per heavy atom. The molecule has 1 aromatic rings. The van der Waals surface area contributed by atoms with Gasteiger partial charge in [-0.1, -0.05) is 0 Å². The maximum Gasteiger partial charge on any atom is 0.240 e. The number of hydrogen-bond acceptors (Lipinski definition) is 6. The van der Waals surface area contributed by atoms with E-state index >= 15 is 0 Å². The van der Waals surface area contributed by atoms with E-state index in [0.717, 1.165) is 12.8 Å². The molecule has 0 aromatic carbocycles. The minimum atomic E-state index is -0.372. The molecule has 1 fully saturated rings. The zero-order valence-electron chi connectivity index (χ0n) is 16.1. The van der Waals surface area contributed by atoms with Gasteiger partial charge in [0.25, 0.3) is 0 Å². The van der Waals surface area contributed by atoms with Crippen LogP contribution in [0.4, 0.5) is 5.13 Å². The Balaban J connectivity index is 1.88. The predicted octanol–water partition coefficient (Wildman–Crippen LogP) is 1.78. The van der Waals surface area contributed by atoms with Gasteiger partial charge < -0.3 is 20.3 Å². The summed E-state index contributed by atoms with van der Waals surface area (Å²) in [4.78, 5) is 42.3. The maximum absolute atomic E-state index is 12.6. The summed E-state index contributed by atoms with van der Waals surface area (Å²) in [5, 5.41) is 7.79. The fourth-order valence-electron chi connectivity index (χ4n) is 2.77. The van der Waals surface area contributed by atoms with E-state index in [9.17, 15) is 14.4 Å². The average Bonchev–Trinajstić information content (AvgIpc) is 3.24. The second-order valence-corrected chi connectivity index (χ2v) is 8.49. The lowest BCUT2D eigenvalue weighted by Gasteiger charge is -2.27. The van der Waals surface area contributed by atoms with Gasteiger partial charge >= 0.3 is 0 Å². The van der Waals surface area contributed by atoms with Crippen molar-refractivity contribution in [3.05, 3.63) is 11.6 Å². The Morgan fingerprint density at radius 1 is 1.30 bits per heavy atom. The van der Waals surface area contributed by atoms with Crippen LogP contribution in [0.15, 0.2) is 11.6 Å². The van der Waals surface area contributed by atoms with Gasteiger partial charge in [0.15, 0.2) is 5.13 Å². The molecule has 1 saturated heterocycles. The standard InChI is InChI=1S/C18H28N4O4S/c1-18(2,3)21-15(24)12-22(11-13-5-4-9-26-13)16(25)7-6-14(23)20-17-19-8-10-27-17/h8,10,13H,4-7,9,11-12H2,1-3H3,(H,21,24)(H,19,20,23)/t13-/m0/s1. The lowest BCUT2D eigenvalue weighted by molar-refractivity contribution is -0.138. The molecule has 2 N–H and O–H groups in total. The minimum Gasteiger partial charge on any atom is -0.376 e. The number of anilines is 1. The monoisotopic (exact) mass is 396 g/mol. The number of carbonyl (C=O) groups is 3. The number of nitrogens with one attached hydrogen (secondary N) is 2. The van der Waals surface area contributed by atoms with Gasteiger partial charge in [-0.2, -0.15) is 0 Å². The number of aromatic nitrogens is 1. The van der Waals surface area contributed by atoms with Crippen molar-refractivity contribution in [1.29, 1.82) is 0 Å². The van der Waals surface area contributed by atoms with Crippen LogP contribution in [0.5, 0.6) is 0 Å². The number of thiazole rings is 1. The molecule has 0 aliphatic carbocycles. The molecule has 8 nitrogen and oxygen atoms in total. The topological polar surface area (TPSA) is 101 Å². The largest absolute Gasteiger partial charge is 0.376 e. The van der Waals surface area contributed by atoms with Crippen molar-refractivity contribution in [3.63, 3.8) is 0 Å². The van der Waals surface area contributed by atoms with Crippen LogP contribution >= 0.6 is 11.3 Å². The molecule has 0 spiro atoms. The van der Waals surface area contributed by atoms with E-state index in [1.165, 1.54) is 16.2 Å². The Hall–Kier alpha value is -2.00. The van der Waals surface area contributed by atoms with Crippen molar-refractivity contribution < 1.29 is 19.1 Å². The molecule has 150 valence electrons. The van der Waals surface area contributed by atoms with Crippen LogP contribution in [0.1, 0.15) is 46.5 Å². The van der Waals surface area contributed by atoms with Crippen molar-refractivity contribution in [3.8, 4) is 0 Å². The van der Waals surface area contributed by atoms with Crippen molar-refractivity contribution in [1.82, 2.24) is 15.2 Å². The van der Waals surface area contributed by atoms with Crippen molar-refractivity contribution in [2.24, 2.45) is 0 Å². The van der Waals surface area contributed by atoms with E-state index in [-0.39, 0.29) is 48.8 Å². The molecule has 3 amide bonds. The molecule has 1 aliphatic heterocycles. The highest BCUT2D eigenvalue weighted by molar-refractivity contribution is 7.13. The van der Waals surface area contributed by atoms with E-state index < -0.39 is 0 Å². The average molecular weight is 397 g/mol. The van der Waals surface area contributed by atoms with Gasteiger partial charge in [-0.3, -0.25) is 14.4 Å². The molecule has 1 aliphatic rings. The van der Waals surface area contributed by atoms with Crippen molar-refractivity contribution >= 4 is 34.2 Å². The van der Waals surface area contributed by atoms with Crippen LogP contribution < -0.4 is 10.6 Å².